The monoisotopic (exact) mass is 517 g/mol. The highest BCUT2D eigenvalue weighted by Crippen LogP contribution is 2.32. The van der Waals surface area contributed by atoms with Crippen LogP contribution in [-0.4, -0.2) is 19.3 Å². The van der Waals surface area contributed by atoms with Gasteiger partial charge in [0.25, 0.3) is 15.9 Å². The summed E-state index contributed by atoms with van der Waals surface area (Å²) in [5.74, 6) is -0.422. The third-order valence-electron chi connectivity index (χ3n) is 4.64. The first-order chi connectivity index (χ1) is 15.7. The SMILES string of the molecule is Cc1ccc(S(=O)(=O)Nc2cccc(C(=O)Nc3nc(-c4ccc(Cl)cc4Cl)cs3)c2)cc1. The highest BCUT2D eigenvalue weighted by atomic mass is 35.5. The molecule has 33 heavy (non-hydrogen) atoms. The molecule has 0 unspecified atom stereocenters. The number of aryl methyl sites for hydroxylation is 1. The van der Waals surface area contributed by atoms with Crippen LogP contribution in [0.3, 0.4) is 0 Å². The van der Waals surface area contributed by atoms with Crippen LogP contribution < -0.4 is 10.0 Å². The third kappa shape index (κ3) is 5.54. The Kier molecular flexibility index (Phi) is 6.71. The van der Waals surface area contributed by atoms with Crippen molar-refractivity contribution in [3.05, 3.63) is 93.3 Å². The number of carbonyl (C=O) groups excluding carboxylic acids is 1. The molecule has 0 spiro atoms. The quantitative estimate of drug-likeness (QED) is 0.306. The number of carbonyl (C=O) groups is 1. The van der Waals surface area contributed by atoms with Gasteiger partial charge in [-0.1, -0.05) is 47.0 Å². The van der Waals surface area contributed by atoms with E-state index in [4.69, 9.17) is 23.2 Å². The lowest BCUT2D eigenvalue weighted by Gasteiger charge is -2.10. The Morgan fingerprint density at radius 2 is 1.76 bits per heavy atom. The lowest BCUT2D eigenvalue weighted by Crippen LogP contribution is -2.15. The van der Waals surface area contributed by atoms with Crippen molar-refractivity contribution in [2.45, 2.75) is 11.8 Å². The van der Waals surface area contributed by atoms with Crippen molar-refractivity contribution in [1.82, 2.24) is 4.98 Å². The number of rotatable bonds is 6. The largest absolute Gasteiger partial charge is 0.298 e. The van der Waals surface area contributed by atoms with Crippen molar-refractivity contribution in [2.75, 3.05) is 10.0 Å². The number of thiazole rings is 1. The highest BCUT2D eigenvalue weighted by Gasteiger charge is 2.16. The lowest BCUT2D eigenvalue weighted by molar-refractivity contribution is 0.102. The predicted octanol–water partition coefficient (Wildman–Crippen LogP) is 6.48. The predicted molar refractivity (Wildman–Crippen MR) is 134 cm³/mol. The molecule has 168 valence electrons. The van der Waals surface area contributed by atoms with Crippen LogP contribution in [0.4, 0.5) is 10.8 Å². The van der Waals surface area contributed by atoms with Crippen molar-refractivity contribution >= 4 is 61.3 Å². The summed E-state index contributed by atoms with van der Waals surface area (Å²) in [6, 6.07) is 17.8. The normalized spacial score (nSPS) is 11.2. The minimum Gasteiger partial charge on any atom is -0.298 e. The second-order valence-electron chi connectivity index (χ2n) is 7.12. The van der Waals surface area contributed by atoms with E-state index < -0.39 is 15.9 Å². The summed E-state index contributed by atoms with van der Waals surface area (Å²) in [6.07, 6.45) is 0. The van der Waals surface area contributed by atoms with E-state index in [9.17, 15) is 13.2 Å². The summed E-state index contributed by atoms with van der Waals surface area (Å²) in [5.41, 5.74) is 2.81. The first-order valence-corrected chi connectivity index (χ1v) is 12.7. The standard InChI is InChI=1S/C23H17Cl2N3O3S2/c1-14-5-8-18(9-6-14)33(30,31)28-17-4-2-3-15(11-17)22(29)27-23-26-21(13-32-23)19-10-7-16(24)12-20(19)25/h2-13,28H,1H3,(H,26,27,29). The summed E-state index contributed by atoms with van der Waals surface area (Å²) < 4.78 is 27.8. The van der Waals surface area contributed by atoms with Gasteiger partial charge in [0.15, 0.2) is 5.13 Å². The molecule has 0 atom stereocenters. The molecule has 0 radical (unpaired) electrons. The van der Waals surface area contributed by atoms with Crippen LogP contribution in [0, 0.1) is 6.92 Å². The summed E-state index contributed by atoms with van der Waals surface area (Å²) in [6.45, 7) is 1.88. The zero-order valence-electron chi connectivity index (χ0n) is 17.2. The Bertz CT molecular complexity index is 1440. The van der Waals surface area contributed by atoms with E-state index in [1.807, 2.05) is 6.92 Å². The van der Waals surface area contributed by atoms with Crippen molar-refractivity contribution in [1.29, 1.82) is 0 Å². The second-order valence-corrected chi connectivity index (χ2v) is 10.5. The van der Waals surface area contributed by atoms with Gasteiger partial charge in [0.2, 0.25) is 0 Å². The van der Waals surface area contributed by atoms with E-state index in [-0.39, 0.29) is 16.1 Å². The molecule has 1 heterocycles. The molecule has 0 bridgehead atoms. The van der Waals surface area contributed by atoms with E-state index in [1.165, 1.54) is 29.5 Å². The average Bonchev–Trinajstić information content (AvgIpc) is 3.22. The van der Waals surface area contributed by atoms with Crippen LogP contribution in [0.2, 0.25) is 10.0 Å². The Hall–Kier alpha value is -2.91. The molecule has 4 rings (SSSR count). The summed E-state index contributed by atoms with van der Waals surface area (Å²) >= 11 is 13.4. The Morgan fingerprint density at radius 1 is 1.00 bits per heavy atom. The molecule has 0 aliphatic carbocycles. The highest BCUT2D eigenvalue weighted by molar-refractivity contribution is 7.92. The van der Waals surface area contributed by atoms with Gasteiger partial charge in [-0.15, -0.1) is 11.3 Å². The molecule has 0 saturated carbocycles. The molecule has 2 N–H and O–H groups in total. The van der Waals surface area contributed by atoms with Gasteiger partial charge in [0.05, 0.1) is 15.6 Å². The molecule has 4 aromatic rings. The number of amides is 1. The number of nitrogens with one attached hydrogen (secondary N) is 2. The minimum absolute atomic E-state index is 0.138. The first kappa shape index (κ1) is 23.3. The molecule has 0 aliphatic rings. The van der Waals surface area contributed by atoms with Crippen molar-refractivity contribution in [3.63, 3.8) is 0 Å². The molecule has 3 aromatic carbocycles. The van der Waals surface area contributed by atoms with Crippen LogP contribution >= 0.6 is 34.5 Å². The zero-order chi connectivity index (χ0) is 23.6. The number of sulfonamides is 1. The van der Waals surface area contributed by atoms with Gasteiger partial charge >= 0.3 is 0 Å². The van der Waals surface area contributed by atoms with Gasteiger partial charge in [0, 0.05) is 27.2 Å². The topological polar surface area (TPSA) is 88.2 Å². The Labute approximate surface area is 205 Å². The number of anilines is 2. The van der Waals surface area contributed by atoms with Crippen LogP contribution in [0.25, 0.3) is 11.3 Å². The number of hydrogen-bond donors (Lipinski definition) is 2. The van der Waals surface area contributed by atoms with Crippen LogP contribution in [0.15, 0.2) is 77.0 Å². The lowest BCUT2D eigenvalue weighted by atomic mass is 10.2. The van der Waals surface area contributed by atoms with Gasteiger partial charge in [-0.2, -0.15) is 0 Å². The van der Waals surface area contributed by atoms with E-state index in [0.29, 0.717) is 26.4 Å². The van der Waals surface area contributed by atoms with Crippen LogP contribution in [0.5, 0.6) is 0 Å². The van der Waals surface area contributed by atoms with Gasteiger partial charge < -0.3 is 0 Å². The fourth-order valence-corrected chi connectivity index (χ4v) is 5.24. The number of hydrogen-bond acceptors (Lipinski definition) is 5. The molecule has 0 aliphatic heterocycles. The number of benzene rings is 3. The fraction of sp³-hybridized carbons (Fsp3) is 0.0435. The molecule has 1 amide bonds. The second kappa shape index (κ2) is 9.52. The smallest absolute Gasteiger partial charge is 0.261 e. The average molecular weight is 518 g/mol. The molecule has 10 heteroatoms. The molecule has 1 aromatic heterocycles. The zero-order valence-corrected chi connectivity index (χ0v) is 20.3. The Morgan fingerprint density at radius 3 is 2.48 bits per heavy atom. The van der Waals surface area contributed by atoms with Crippen LogP contribution in [-0.2, 0) is 10.0 Å². The van der Waals surface area contributed by atoms with Crippen molar-refractivity contribution in [3.8, 4) is 11.3 Å². The molecule has 0 fully saturated rings. The van der Waals surface area contributed by atoms with E-state index in [2.05, 4.69) is 15.0 Å². The molecule has 0 saturated heterocycles. The summed E-state index contributed by atoms with van der Waals surface area (Å²) in [5, 5.41) is 5.86. The Balaban J connectivity index is 1.49. The molecule has 6 nitrogen and oxygen atoms in total. The van der Waals surface area contributed by atoms with E-state index in [0.717, 1.165) is 5.56 Å². The third-order valence-corrected chi connectivity index (χ3v) is 7.34. The van der Waals surface area contributed by atoms with Gasteiger partial charge in [-0.3, -0.25) is 14.8 Å². The molecular weight excluding hydrogens is 501 g/mol. The van der Waals surface area contributed by atoms with Gasteiger partial charge in [-0.05, 0) is 55.5 Å². The number of nitrogens with zero attached hydrogens (tertiary/aromatic N) is 1. The van der Waals surface area contributed by atoms with E-state index in [1.54, 1.807) is 53.9 Å². The van der Waals surface area contributed by atoms with Crippen LogP contribution in [0.1, 0.15) is 15.9 Å². The maximum atomic E-state index is 12.7. The fourth-order valence-electron chi connectivity index (χ4n) is 2.98. The van der Waals surface area contributed by atoms with E-state index >= 15 is 0 Å². The first-order valence-electron chi connectivity index (χ1n) is 9.63. The molecular formula is C23H17Cl2N3O3S2. The maximum Gasteiger partial charge on any atom is 0.261 e. The van der Waals surface area contributed by atoms with Crippen molar-refractivity contribution < 1.29 is 13.2 Å². The van der Waals surface area contributed by atoms with Gasteiger partial charge in [0.1, 0.15) is 0 Å². The van der Waals surface area contributed by atoms with Gasteiger partial charge in [-0.25, -0.2) is 13.4 Å². The number of halogens is 2. The minimum atomic E-state index is -3.78. The summed E-state index contributed by atoms with van der Waals surface area (Å²) in [4.78, 5) is 17.3. The number of aromatic nitrogens is 1. The summed E-state index contributed by atoms with van der Waals surface area (Å²) in [7, 11) is -3.78. The van der Waals surface area contributed by atoms with Crippen molar-refractivity contribution in [2.24, 2.45) is 0 Å². The maximum absolute atomic E-state index is 12.7.